The van der Waals surface area contributed by atoms with Crippen LogP contribution >= 0.6 is 11.8 Å². The topological polar surface area (TPSA) is 64.6 Å². The molecule has 25 heavy (non-hydrogen) atoms. The highest BCUT2D eigenvalue weighted by Crippen LogP contribution is 2.18. The van der Waals surface area contributed by atoms with Crippen molar-refractivity contribution in [2.75, 3.05) is 12.4 Å². The van der Waals surface area contributed by atoms with Crippen LogP contribution in [0.25, 0.3) is 0 Å². The Kier molecular flexibility index (Phi) is 7.10. The predicted octanol–water partition coefficient (Wildman–Crippen LogP) is 3.87. The minimum absolute atomic E-state index is 0.400. The van der Waals surface area contributed by atoms with Crippen LogP contribution in [-0.4, -0.2) is 25.1 Å². The second kappa shape index (κ2) is 9.54. The van der Waals surface area contributed by atoms with Crippen molar-refractivity contribution in [2.45, 2.75) is 17.9 Å². The molecule has 0 aromatic heterocycles. The fourth-order valence-electron chi connectivity index (χ4n) is 1.85. The van der Waals surface area contributed by atoms with E-state index in [1.165, 1.54) is 24.8 Å². The number of ether oxygens (including phenoxy) is 2. The van der Waals surface area contributed by atoms with Crippen molar-refractivity contribution < 1.29 is 19.1 Å². The van der Waals surface area contributed by atoms with E-state index in [1.54, 1.807) is 36.8 Å². The van der Waals surface area contributed by atoms with Crippen LogP contribution in [0.4, 0.5) is 5.69 Å². The Morgan fingerprint density at radius 1 is 1.08 bits per heavy atom. The van der Waals surface area contributed by atoms with E-state index in [0.717, 1.165) is 4.90 Å². The third-order valence-corrected chi connectivity index (χ3v) is 3.99. The van der Waals surface area contributed by atoms with E-state index in [-0.39, 0.29) is 0 Å². The highest BCUT2D eigenvalue weighted by atomic mass is 32.2. The number of amides is 1. The van der Waals surface area contributed by atoms with Gasteiger partial charge in [-0.05, 0) is 48.7 Å². The Morgan fingerprint density at radius 2 is 1.76 bits per heavy atom. The summed E-state index contributed by atoms with van der Waals surface area (Å²) in [5.74, 6) is -0.276. The lowest BCUT2D eigenvalue weighted by Crippen LogP contribution is -2.29. The zero-order valence-electron chi connectivity index (χ0n) is 14.0. The molecule has 0 radical (unpaired) electrons. The maximum absolute atomic E-state index is 12.0. The molecule has 0 aliphatic carbocycles. The number of esters is 1. The molecule has 1 amide bonds. The van der Waals surface area contributed by atoms with Gasteiger partial charge >= 0.3 is 5.97 Å². The van der Waals surface area contributed by atoms with Crippen molar-refractivity contribution in [2.24, 2.45) is 0 Å². The van der Waals surface area contributed by atoms with Gasteiger partial charge in [0.1, 0.15) is 5.75 Å². The first-order valence-corrected chi connectivity index (χ1v) is 8.50. The van der Waals surface area contributed by atoms with Crippen molar-refractivity contribution in [1.82, 2.24) is 0 Å². The average molecular weight is 357 g/mol. The molecular formula is C19H19NO4S. The van der Waals surface area contributed by atoms with E-state index in [2.05, 4.69) is 5.32 Å². The van der Waals surface area contributed by atoms with Gasteiger partial charge in [0, 0.05) is 16.7 Å². The molecule has 0 saturated carbocycles. The summed E-state index contributed by atoms with van der Waals surface area (Å²) in [5, 5.41) is 4.31. The fraction of sp³-hybridized carbons (Fsp3) is 0.158. The number of carbonyl (C=O) groups is 2. The van der Waals surface area contributed by atoms with Crippen molar-refractivity contribution >= 4 is 29.3 Å². The van der Waals surface area contributed by atoms with E-state index >= 15 is 0 Å². The van der Waals surface area contributed by atoms with Gasteiger partial charge < -0.3 is 14.8 Å². The zero-order valence-corrected chi connectivity index (χ0v) is 14.8. The molecule has 2 rings (SSSR count). The van der Waals surface area contributed by atoms with Gasteiger partial charge in [-0.15, -0.1) is 0 Å². The number of anilines is 1. The first-order chi connectivity index (χ1) is 12.1. The van der Waals surface area contributed by atoms with Gasteiger partial charge in [-0.3, -0.25) is 4.79 Å². The lowest BCUT2D eigenvalue weighted by molar-refractivity contribution is -0.148. The molecule has 2 aromatic rings. The van der Waals surface area contributed by atoms with Gasteiger partial charge in [0.25, 0.3) is 5.91 Å². The van der Waals surface area contributed by atoms with Gasteiger partial charge in [0.05, 0.1) is 7.11 Å². The van der Waals surface area contributed by atoms with Crippen molar-refractivity contribution in [1.29, 1.82) is 0 Å². The number of carbonyl (C=O) groups excluding carboxylic acids is 2. The maximum atomic E-state index is 12.0. The number of hydrogen-bond acceptors (Lipinski definition) is 5. The summed E-state index contributed by atoms with van der Waals surface area (Å²) >= 11 is 1.40. The first kappa shape index (κ1) is 18.6. The first-order valence-electron chi connectivity index (χ1n) is 7.62. The van der Waals surface area contributed by atoms with Crippen LogP contribution in [0.5, 0.6) is 5.75 Å². The quantitative estimate of drug-likeness (QED) is 0.463. The van der Waals surface area contributed by atoms with Gasteiger partial charge in [0.15, 0.2) is 6.10 Å². The number of hydrogen-bond donors (Lipinski definition) is 1. The highest BCUT2D eigenvalue weighted by molar-refractivity contribution is 8.02. The van der Waals surface area contributed by atoms with Crippen LogP contribution < -0.4 is 10.1 Å². The number of methoxy groups -OCH3 is 1. The molecule has 0 spiro atoms. The van der Waals surface area contributed by atoms with Gasteiger partial charge in [-0.25, -0.2) is 4.79 Å². The van der Waals surface area contributed by atoms with Crippen LogP contribution in [-0.2, 0) is 14.3 Å². The van der Waals surface area contributed by atoms with Crippen LogP contribution in [0.3, 0.4) is 0 Å². The van der Waals surface area contributed by atoms with E-state index in [1.807, 2.05) is 30.3 Å². The van der Waals surface area contributed by atoms with Crippen LogP contribution in [0, 0.1) is 0 Å². The summed E-state index contributed by atoms with van der Waals surface area (Å²) in [5.41, 5.74) is 0.601. The minimum Gasteiger partial charge on any atom is -0.497 e. The smallest absolute Gasteiger partial charge is 0.332 e. The Labute approximate surface area is 151 Å². The molecule has 0 aliphatic heterocycles. The van der Waals surface area contributed by atoms with E-state index in [4.69, 9.17) is 9.47 Å². The fourth-order valence-corrected chi connectivity index (χ4v) is 2.50. The molecular weight excluding hydrogens is 338 g/mol. The number of nitrogens with one attached hydrogen (secondary N) is 1. The predicted molar refractivity (Wildman–Crippen MR) is 98.6 cm³/mol. The van der Waals surface area contributed by atoms with Crippen molar-refractivity contribution in [3.8, 4) is 5.75 Å². The molecule has 0 aliphatic rings. The van der Waals surface area contributed by atoms with Gasteiger partial charge in [-0.1, -0.05) is 30.0 Å². The molecule has 0 fully saturated rings. The molecule has 0 saturated heterocycles. The SMILES string of the molecule is COc1ccc(NC(=O)[C@H](C)OC(=O)/C=C/Sc2ccccc2)cc1. The highest BCUT2D eigenvalue weighted by Gasteiger charge is 2.16. The normalized spacial score (nSPS) is 11.8. The van der Waals surface area contributed by atoms with Crippen LogP contribution in [0.15, 0.2) is 71.0 Å². The Morgan fingerprint density at radius 3 is 2.40 bits per heavy atom. The van der Waals surface area contributed by atoms with Gasteiger partial charge in [-0.2, -0.15) is 0 Å². The molecule has 130 valence electrons. The standard InChI is InChI=1S/C19H19NO4S/c1-14(19(22)20-15-8-10-16(23-2)11-9-15)24-18(21)12-13-25-17-6-4-3-5-7-17/h3-14H,1-2H3,(H,20,22)/b13-12+/t14-/m0/s1. The lowest BCUT2D eigenvalue weighted by Gasteiger charge is -2.12. The molecule has 1 atom stereocenters. The summed E-state index contributed by atoms with van der Waals surface area (Å²) in [6, 6.07) is 16.5. The monoisotopic (exact) mass is 357 g/mol. The summed E-state index contributed by atoms with van der Waals surface area (Å²) in [6.07, 6.45) is 0.399. The summed E-state index contributed by atoms with van der Waals surface area (Å²) in [4.78, 5) is 24.8. The third kappa shape index (κ3) is 6.35. The second-order valence-corrected chi connectivity index (χ2v) is 6.01. The van der Waals surface area contributed by atoms with Crippen molar-refractivity contribution in [3.63, 3.8) is 0 Å². The summed E-state index contributed by atoms with van der Waals surface area (Å²) in [6.45, 7) is 1.52. The molecule has 5 nitrogen and oxygen atoms in total. The summed E-state index contributed by atoms with van der Waals surface area (Å²) in [7, 11) is 1.57. The van der Waals surface area contributed by atoms with E-state index < -0.39 is 18.0 Å². The Hall–Kier alpha value is -2.73. The number of rotatable bonds is 7. The average Bonchev–Trinajstić information content (AvgIpc) is 2.63. The molecule has 6 heteroatoms. The van der Waals surface area contributed by atoms with Crippen LogP contribution in [0.2, 0.25) is 0 Å². The largest absolute Gasteiger partial charge is 0.497 e. The molecule has 0 heterocycles. The molecule has 2 aromatic carbocycles. The van der Waals surface area contributed by atoms with Crippen LogP contribution in [0.1, 0.15) is 6.92 Å². The Balaban J connectivity index is 1.80. The lowest BCUT2D eigenvalue weighted by atomic mass is 10.3. The molecule has 1 N–H and O–H groups in total. The molecule has 0 unspecified atom stereocenters. The zero-order chi connectivity index (χ0) is 18.1. The van der Waals surface area contributed by atoms with E-state index in [0.29, 0.717) is 11.4 Å². The van der Waals surface area contributed by atoms with E-state index in [9.17, 15) is 9.59 Å². The third-order valence-electron chi connectivity index (χ3n) is 3.17. The molecule has 0 bridgehead atoms. The van der Waals surface area contributed by atoms with Gasteiger partial charge in [0.2, 0.25) is 0 Å². The second-order valence-electron chi connectivity index (χ2n) is 5.03. The summed E-state index contributed by atoms with van der Waals surface area (Å²) < 4.78 is 10.1. The minimum atomic E-state index is -0.902. The number of benzene rings is 2. The maximum Gasteiger partial charge on any atom is 0.332 e. The number of thioether (sulfide) groups is 1. The Bertz CT molecular complexity index is 729. The van der Waals surface area contributed by atoms with Crippen molar-refractivity contribution in [3.05, 3.63) is 66.1 Å².